The van der Waals surface area contributed by atoms with E-state index < -0.39 is 54.2 Å². The van der Waals surface area contributed by atoms with E-state index in [4.69, 9.17) is 4.74 Å². The van der Waals surface area contributed by atoms with Crippen LogP contribution in [0.1, 0.15) is 45.3 Å². The molecule has 0 spiro atoms. The first kappa shape index (κ1) is 27.6. The van der Waals surface area contributed by atoms with Crippen LogP contribution in [0.15, 0.2) is 35.1 Å². The van der Waals surface area contributed by atoms with Crippen LogP contribution in [0.5, 0.6) is 0 Å². The Hall–Kier alpha value is -4.03. The molecule has 1 atom stereocenters. The Morgan fingerprint density at radius 3 is 2.43 bits per heavy atom. The number of carbonyl (C=O) groups excluding carboxylic acids is 3. The second kappa shape index (κ2) is 10.9. The molecule has 1 aromatic heterocycles. The molecule has 1 saturated heterocycles. The van der Waals surface area contributed by atoms with E-state index in [1.807, 2.05) is 0 Å². The van der Waals surface area contributed by atoms with Crippen LogP contribution in [0.3, 0.4) is 0 Å². The highest BCUT2D eigenvalue weighted by Gasteiger charge is 2.41. The van der Waals surface area contributed by atoms with Crippen molar-refractivity contribution in [3.8, 4) is 11.1 Å². The normalized spacial score (nSPS) is 15.6. The van der Waals surface area contributed by atoms with Gasteiger partial charge in [0.2, 0.25) is 5.91 Å². The number of anilines is 1. The lowest BCUT2D eigenvalue weighted by atomic mass is 10.0. The van der Waals surface area contributed by atoms with Gasteiger partial charge in [0, 0.05) is 18.7 Å². The number of carbonyl (C=O) groups is 3. The average molecular weight is 522 g/mol. The van der Waals surface area contributed by atoms with Crippen LogP contribution in [0.25, 0.3) is 11.1 Å². The first-order valence-electron chi connectivity index (χ1n) is 11.5. The summed E-state index contributed by atoms with van der Waals surface area (Å²) in [6, 6.07) is 6.59. The van der Waals surface area contributed by atoms with Crippen molar-refractivity contribution in [1.29, 1.82) is 0 Å². The lowest BCUT2D eigenvalue weighted by Crippen LogP contribution is -2.39. The maximum Gasteiger partial charge on any atom is 0.411 e. The Kier molecular flexibility index (Phi) is 8.14. The van der Waals surface area contributed by atoms with Gasteiger partial charge in [-0.05, 0) is 44.5 Å². The number of rotatable bonds is 6. The number of alkyl halides is 2. The highest BCUT2D eigenvalue weighted by Crippen LogP contribution is 2.29. The molecule has 11 nitrogen and oxygen atoms in total. The number of nitrogens with zero attached hydrogens (tertiary/aromatic N) is 2. The van der Waals surface area contributed by atoms with Crippen LogP contribution in [0.4, 0.5) is 24.1 Å². The molecule has 13 heteroatoms. The maximum absolute atomic E-state index is 13.6. The van der Waals surface area contributed by atoms with E-state index in [1.165, 1.54) is 13.2 Å². The van der Waals surface area contributed by atoms with Crippen molar-refractivity contribution in [2.75, 3.05) is 25.5 Å². The number of nitrogens with one attached hydrogen (secondary N) is 3. The van der Waals surface area contributed by atoms with Gasteiger partial charge in [-0.3, -0.25) is 14.9 Å². The minimum absolute atomic E-state index is 0.110. The van der Waals surface area contributed by atoms with Gasteiger partial charge in [-0.1, -0.05) is 12.1 Å². The van der Waals surface area contributed by atoms with Crippen LogP contribution in [-0.2, 0) is 14.3 Å². The Labute approximate surface area is 211 Å². The SMILES string of the molecule is COC(=O)Nc1ccc(-c2cc([C@H](CC(=O)N3CCC(F)(F)C3)NC(=O)OC(C)(C)C)n[nH]c2=O)cc1. The number of halogens is 2. The summed E-state index contributed by atoms with van der Waals surface area (Å²) in [4.78, 5) is 50.3. The summed E-state index contributed by atoms with van der Waals surface area (Å²) in [6.45, 7) is 4.17. The molecule has 0 unspecified atom stereocenters. The van der Waals surface area contributed by atoms with Gasteiger partial charge in [0.25, 0.3) is 11.5 Å². The number of methoxy groups -OCH3 is 1. The minimum atomic E-state index is -2.97. The zero-order valence-corrected chi connectivity index (χ0v) is 20.9. The molecule has 1 aliphatic rings. The third-order valence-corrected chi connectivity index (χ3v) is 5.40. The van der Waals surface area contributed by atoms with E-state index in [-0.39, 0.29) is 24.2 Å². The number of aromatic nitrogens is 2. The largest absolute Gasteiger partial charge is 0.453 e. The van der Waals surface area contributed by atoms with Crippen molar-refractivity contribution in [3.05, 3.63) is 46.4 Å². The summed E-state index contributed by atoms with van der Waals surface area (Å²) in [5.74, 6) is -3.58. The van der Waals surface area contributed by atoms with Gasteiger partial charge >= 0.3 is 12.2 Å². The second-order valence-corrected chi connectivity index (χ2v) is 9.55. The molecule has 1 fully saturated rings. The molecule has 0 bridgehead atoms. The Bertz CT molecular complexity index is 1210. The average Bonchev–Trinajstić information content (AvgIpc) is 3.18. The maximum atomic E-state index is 13.6. The number of aromatic amines is 1. The van der Waals surface area contributed by atoms with Crippen molar-refractivity contribution in [1.82, 2.24) is 20.4 Å². The minimum Gasteiger partial charge on any atom is -0.453 e. The van der Waals surface area contributed by atoms with Crippen molar-refractivity contribution >= 4 is 23.8 Å². The summed E-state index contributed by atoms with van der Waals surface area (Å²) >= 11 is 0. The molecule has 1 aromatic carbocycles. The van der Waals surface area contributed by atoms with E-state index in [0.29, 0.717) is 11.3 Å². The van der Waals surface area contributed by atoms with E-state index in [9.17, 15) is 28.0 Å². The predicted octanol–water partition coefficient (Wildman–Crippen LogP) is 3.44. The molecule has 2 heterocycles. The summed E-state index contributed by atoms with van der Waals surface area (Å²) in [5.41, 5.74) is -0.193. The molecule has 200 valence electrons. The number of H-pyrrole nitrogens is 1. The smallest absolute Gasteiger partial charge is 0.411 e. The lowest BCUT2D eigenvalue weighted by molar-refractivity contribution is -0.132. The Balaban J connectivity index is 1.89. The first-order chi connectivity index (χ1) is 17.3. The third kappa shape index (κ3) is 7.72. The zero-order valence-electron chi connectivity index (χ0n) is 20.9. The van der Waals surface area contributed by atoms with Gasteiger partial charge in [-0.2, -0.15) is 5.10 Å². The fourth-order valence-corrected chi connectivity index (χ4v) is 3.65. The van der Waals surface area contributed by atoms with Crippen molar-refractivity contribution < 1.29 is 32.6 Å². The fraction of sp³-hybridized carbons (Fsp3) is 0.458. The highest BCUT2D eigenvalue weighted by atomic mass is 19.3. The lowest BCUT2D eigenvalue weighted by Gasteiger charge is -2.25. The predicted molar refractivity (Wildman–Crippen MR) is 129 cm³/mol. The van der Waals surface area contributed by atoms with E-state index in [1.54, 1.807) is 45.0 Å². The molecule has 3 rings (SSSR count). The van der Waals surface area contributed by atoms with Crippen molar-refractivity contribution in [2.24, 2.45) is 0 Å². The highest BCUT2D eigenvalue weighted by molar-refractivity contribution is 5.85. The molecular formula is C24H29F2N5O6. The number of benzene rings is 1. The van der Waals surface area contributed by atoms with Crippen LogP contribution >= 0.6 is 0 Å². The molecule has 2 aromatic rings. The fourth-order valence-electron chi connectivity index (χ4n) is 3.65. The topological polar surface area (TPSA) is 143 Å². The standard InChI is InChI=1S/C24H29F2N5O6/c1-23(2,3)37-22(35)28-17(12-19(32)31-10-9-24(25,26)13-31)18-11-16(20(33)30-29-18)14-5-7-15(8-6-14)27-21(34)36-4/h5-8,11,17H,9-10,12-13H2,1-4H3,(H,27,34)(H,28,35)(H,30,33)/t17-/m0/s1. The molecular weight excluding hydrogens is 492 g/mol. The first-order valence-corrected chi connectivity index (χ1v) is 11.5. The Morgan fingerprint density at radius 1 is 1.19 bits per heavy atom. The Morgan fingerprint density at radius 2 is 1.86 bits per heavy atom. The van der Waals surface area contributed by atoms with Gasteiger partial charge < -0.3 is 19.7 Å². The molecule has 0 radical (unpaired) electrons. The summed E-state index contributed by atoms with van der Waals surface area (Å²) in [7, 11) is 1.23. The number of alkyl carbamates (subject to hydrolysis) is 1. The summed E-state index contributed by atoms with van der Waals surface area (Å²) in [5, 5.41) is 11.4. The number of amides is 3. The quantitative estimate of drug-likeness (QED) is 0.528. The monoisotopic (exact) mass is 521 g/mol. The molecule has 0 saturated carbocycles. The molecule has 0 aliphatic carbocycles. The van der Waals surface area contributed by atoms with Gasteiger partial charge in [-0.15, -0.1) is 0 Å². The van der Waals surface area contributed by atoms with E-state index in [0.717, 1.165) is 4.90 Å². The number of likely N-dealkylation sites (tertiary alicyclic amines) is 1. The molecule has 1 aliphatic heterocycles. The van der Waals surface area contributed by atoms with Crippen molar-refractivity contribution in [2.45, 2.75) is 51.2 Å². The van der Waals surface area contributed by atoms with Gasteiger partial charge in [0.15, 0.2) is 0 Å². The molecule has 3 amide bonds. The molecule has 37 heavy (non-hydrogen) atoms. The number of hydrogen-bond acceptors (Lipinski definition) is 7. The number of ether oxygens (including phenoxy) is 2. The van der Waals surface area contributed by atoms with Gasteiger partial charge in [-0.25, -0.2) is 23.5 Å². The number of hydrogen-bond donors (Lipinski definition) is 3. The van der Waals surface area contributed by atoms with Crippen molar-refractivity contribution in [3.63, 3.8) is 0 Å². The summed E-state index contributed by atoms with van der Waals surface area (Å²) in [6.07, 6.45) is -2.32. The van der Waals surface area contributed by atoms with Gasteiger partial charge in [0.1, 0.15) is 5.60 Å². The van der Waals surface area contributed by atoms with Crippen LogP contribution in [0, 0.1) is 0 Å². The van der Waals surface area contributed by atoms with E-state index >= 15 is 0 Å². The summed E-state index contributed by atoms with van der Waals surface area (Å²) < 4.78 is 37.1. The van der Waals surface area contributed by atoms with Crippen LogP contribution < -0.4 is 16.2 Å². The second-order valence-electron chi connectivity index (χ2n) is 9.55. The van der Waals surface area contributed by atoms with E-state index in [2.05, 4.69) is 25.6 Å². The van der Waals surface area contributed by atoms with Crippen LogP contribution in [0.2, 0.25) is 0 Å². The zero-order chi connectivity index (χ0) is 27.4. The third-order valence-electron chi connectivity index (χ3n) is 5.40. The van der Waals surface area contributed by atoms with Crippen LogP contribution in [-0.4, -0.2) is 64.9 Å². The van der Waals surface area contributed by atoms with Gasteiger partial charge in [0.05, 0.1) is 37.4 Å². The molecule has 3 N–H and O–H groups in total.